The Bertz CT molecular complexity index is 465. The lowest BCUT2D eigenvalue weighted by molar-refractivity contribution is 0.0919. The van der Waals surface area contributed by atoms with Gasteiger partial charge in [-0.15, -0.1) is 0 Å². The first-order valence-electron chi connectivity index (χ1n) is 6.87. The number of hydrogen-bond donors (Lipinski definition) is 3. The standard InChI is InChI=1S/C15H22N2O2/c1-15(7-3-2-4-8-15)10-17-14(19)11-5-6-12(16)13(18)9-11/h5-6,9,18H,2-4,7-8,10,16H2,1H3,(H,17,19). The van der Waals surface area contributed by atoms with Crippen LogP contribution in [0.2, 0.25) is 0 Å². The highest BCUT2D eigenvalue weighted by Gasteiger charge is 2.27. The second-order valence-corrected chi connectivity index (χ2v) is 5.83. The number of aromatic hydroxyl groups is 1. The lowest BCUT2D eigenvalue weighted by atomic mass is 9.76. The Balaban J connectivity index is 1.95. The molecule has 2 rings (SSSR count). The van der Waals surface area contributed by atoms with E-state index in [0.717, 1.165) is 0 Å². The number of nitrogens with one attached hydrogen (secondary N) is 1. The van der Waals surface area contributed by atoms with Crippen LogP contribution >= 0.6 is 0 Å². The molecule has 0 unspecified atom stereocenters. The Morgan fingerprint density at radius 2 is 2.05 bits per heavy atom. The van der Waals surface area contributed by atoms with E-state index in [1.54, 1.807) is 12.1 Å². The smallest absolute Gasteiger partial charge is 0.251 e. The third-order valence-corrected chi connectivity index (χ3v) is 4.03. The molecule has 1 aliphatic rings. The Kier molecular flexibility index (Phi) is 3.98. The molecule has 1 aromatic carbocycles. The van der Waals surface area contributed by atoms with Crippen LogP contribution in [-0.4, -0.2) is 17.6 Å². The summed E-state index contributed by atoms with van der Waals surface area (Å²) < 4.78 is 0. The molecule has 1 aliphatic carbocycles. The van der Waals surface area contributed by atoms with Crippen molar-refractivity contribution in [3.8, 4) is 5.75 Å². The van der Waals surface area contributed by atoms with Crippen LogP contribution in [0, 0.1) is 5.41 Å². The summed E-state index contributed by atoms with van der Waals surface area (Å²) in [6, 6.07) is 4.59. The predicted molar refractivity (Wildman–Crippen MR) is 76.0 cm³/mol. The summed E-state index contributed by atoms with van der Waals surface area (Å²) in [7, 11) is 0. The summed E-state index contributed by atoms with van der Waals surface area (Å²) in [5, 5.41) is 12.5. The molecule has 0 aromatic heterocycles. The van der Waals surface area contributed by atoms with Crippen LogP contribution in [0.15, 0.2) is 18.2 Å². The minimum Gasteiger partial charge on any atom is -0.506 e. The van der Waals surface area contributed by atoms with Gasteiger partial charge in [0.25, 0.3) is 5.91 Å². The molecule has 0 atom stereocenters. The molecule has 104 valence electrons. The highest BCUT2D eigenvalue weighted by molar-refractivity contribution is 5.95. The molecule has 0 radical (unpaired) electrons. The van der Waals surface area contributed by atoms with Crippen molar-refractivity contribution in [2.24, 2.45) is 5.41 Å². The van der Waals surface area contributed by atoms with Crippen molar-refractivity contribution in [1.82, 2.24) is 5.32 Å². The van der Waals surface area contributed by atoms with E-state index in [4.69, 9.17) is 5.73 Å². The van der Waals surface area contributed by atoms with Crippen molar-refractivity contribution in [2.45, 2.75) is 39.0 Å². The number of carbonyl (C=O) groups excluding carboxylic acids is 1. The Labute approximate surface area is 114 Å². The van der Waals surface area contributed by atoms with E-state index >= 15 is 0 Å². The number of anilines is 1. The molecule has 0 saturated heterocycles. The van der Waals surface area contributed by atoms with Gasteiger partial charge in [0, 0.05) is 12.1 Å². The van der Waals surface area contributed by atoms with Gasteiger partial charge in [0.05, 0.1) is 5.69 Å². The number of rotatable bonds is 3. The van der Waals surface area contributed by atoms with E-state index in [0.29, 0.717) is 12.1 Å². The monoisotopic (exact) mass is 262 g/mol. The van der Waals surface area contributed by atoms with Crippen LogP contribution in [0.1, 0.15) is 49.4 Å². The molecule has 0 bridgehead atoms. The van der Waals surface area contributed by atoms with E-state index in [9.17, 15) is 9.90 Å². The van der Waals surface area contributed by atoms with Gasteiger partial charge in [-0.1, -0.05) is 26.2 Å². The average Bonchev–Trinajstić information content (AvgIpc) is 2.40. The van der Waals surface area contributed by atoms with Crippen molar-refractivity contribution in [3.05, 3.63) is 23.8 Å². The summed E-state index contributed by atoms with van der Waals surface area (Å²) in [6.45, 7) is 2.92. The average molecular weight is 262 g/mol. The van der Waals surface area contributed by atoms with Crippen molar-refractivity contribution >= 4 is 11.6 Å². The van der Waals surface area contributed by atoms with Crippen molar-refractivity contribution in [2.75, 3.05) is 12.3 Å². The van der Waals surface area contributed by atoms with E-state index in [1.165, 1.54) is 38.2 Å². The fraction of sp³-hybridized carbons (Fsp3) is 0.533. The van der Waals surface area contributed by atoms with Crippen LogP contribution in [0.3, 0.4) is 0 Å². The van der Waals surface area contributed by atoms with Crippen molar-refractivity contribution in [1.29, 1.82) is 0 Å². The highest BCUT2D eigenvalue weighted by atomic mass is 16.3. The molecular formula is C15H22N2O2. The second kappa shape index (κ2) is 5.51. The fourth-order valence-electron chi connectivity index (χ4n) is 2.66. The first-order chi connectivity index (χ1) is 9.00. The van der Waals surface area contributed by atoms with Gasteiger partial charge < -0.3 is 16.2 Å². The molecule has 0 heterocycles. The van der Waals surface area contributed by atoms with Crippen molar-refractivity contribution in [3.63, 3.8) is 0 Å². The van der Waals surface area contributed by atoms with Gasteiger partial charge in [0.2, 0.25) is 0 Å². The van der Waals surface area contributed by atoms with E-state index in [-0.39, 0.29) is 22.8 Å². The van der Waals surface area contributed by atoms with E-state index < -0.39 is 0 Å². The number of phenols is 1. The summed E-state index contributed by atoms with van der Waals surface area (Å²) in [5.41, 5.74) is 6.47. The summed E-state index contributed by atoms with van der Waals surface area (Å²) >= 11 is 0. The zero-order chi connectivity index (χ0) is 13.9. The molecule has 4 N–H and O–H groups in total. The quantitative estimate of drug-likeness (QED) is 0.579. The molecule has 4 heteroatoms. The molecule has 1 amide bonds. The van der Waals surface area contributed by atoms with Crippen LogP contribution in [-0.2, 0) is 0 Å². The van der Waals surface area contributed by atoms with Gasteiger partial charge in [0.15, 0.2) is 0 Å². The van der Waals surface area contributed by atoms with Crippen LogP contribution in [0.4, 0.5) is 5.69 Å². The molecule has 0 aliphatic heterocycles. The topological polar surface area (TPSA) is 75.4 Å². The van der Waals surface area contributed by atoms with Gasteiger partial charge in [-0.3, -0.25) is 4.79 Å². The summed E-state index contributed by atoms with van der Waals surface area (Å²) in [5.74, 6) is -0.196. The fourth-order valence-corrected chi connectivity index (χ4v) is 2.66. The summed E-state index contributed by atoms with van der Waals surface area (Å²) in [6.07, 6.45) is 6.12. The van der Waals surface area contributed by atoms with Crippen LogP contribution < -0.4 is 11.1 Å². The van der Waals surface area contributed by atoms with Crippen LogP contribution in [0.25, 0.3) is 0 Å². The zero-order valence-corrected chi connectivity index (χ0v) is 11.4. The number of amides is 1. The van der Waals surface area contributed by atoms with Gasteiger partial charge >= 0.3 is 0 Å². The molecule has 0 spiro atoms. The molecular weight excluding hydrogens is 240 g/mol. The molecule has 1 saturated carbocycles. The largest absolute Gasteiger partial charge is 0.506 e. The first kappa shape index (κ1) is 13.7. The Morgan fingerprint density at radius 1 is 1.37 bits per heavy atom. The normalized spacial score (nSPS) is 17.9. The Hall–Kier alpha value is -1.71. The number of nitrogen functional groups attached to an aromatic ring is 1. The van der Waals surface area contributed by atoms with Gasteiger partial charge in [-0.2, -0.15) is 0 Å². The summed E-state index contributed by atoms with van der Waals surface area (Å²) in [4.78, 5) is 12.0. The molecule has 1 aromatic rings. The van der Waals surface area contributed by atoms with Crippen LogP contribution in [0.5, 0.6) is 5.75 Å². The third-order valence-electron chi connectivity index (χ3n) is 4.03. The van der Waals surface area contributed by atoms with Crippen molar-refractivity contribution < 1.29 is 9.90 Å². The number of hydrogen-bond acceptors (Lipinski definition) is 3. The molecule has 19 heavy (non-hydrogen) atoms. The maximum atomic E-state index is 12.0. The van der Waals surface area contributed by atoms with Gasteiger partial charge in [-0.25, -0.2) is 0 Å². The first-order valence-corrected chi connectivity index (χ1v) is 6.87. The Morgan fingerprint density at radius 3 is 2.68 bits per heavy atom. The minimum absolute atomic E-state index is 0.0449. The number of carbonyl (C=O) groups is 1. The predicted octanol–water partition coefficient (Wildman–Crippen LogP) is 2.67. The van der Waals surface area contributed by atoms with E-state index in [2.05, 4.69) is 12.2 Å². The maximum absolute atomic E-state index is 12.0. The lowest BCUT2D eigenvalue weighted by Gasteiger charge is -2.33. The third kappa shape index (κ3) is 3.40. The highest BCUT2D eigenvalue weighted by Crippen LogP contribution is 2.35. The SMILES string of the molecule is CC1(CNC(=O)c2ccc(N)c(O)c2)CCCCC1. The second-order valence-electron chi connectivity index (χ2n) is 5.83. The zero-order valence-electron chi connectivity index (χ0n) is 11.4. The maximum Gasteiger partial charge on any atom is 0.251 e. The number of phenolic OH excluding ortho intramolecular Hbond substituents is 1. The molecule has 1 fully saturated rings. The lowest BCUT2D eigenvalue weighted by Crippen LogP contribution is -2.37. The number of benzene rings is 1. The minimum atomic E-state index is -0.151. The van der Waals surface area contributed by atoms with Gasteiger partial charge in [0.1, 0.15) is 5.75 Å². The number of nitrogens with two attached hydrogens (primary N) is 1. The van der Waals surface area contributed by atoms with Gasteiger partial charge in [-0.05, 0) is 36.5 Å². The molecule has 4 nitrogen and oxygen atoms in total. The van der Waals surface area contributed by atoms with E-state index in [1.807, 2.05) is 0 Å².